The van der Waals surface area contributed by atoms with Crippen molar-refractivity contribution >= 4 is 11.5 Å². The van der Waals surface area contributed by atoms with Crippen LogP contribution in [0, 0.1) is 5.41 Å². The fraction of sp³-hybridized carbons (Fsp3) is 0.750. The molecule has 4 heteroatoms. The summed E-state index contributed by atoms with van der Waals surface area (Å²) in [5, 5.41) is 4.44. The minimum absolute atomic E-state index is 0.457. The van der Waals surface area contributed by atoms with Crippen molar-refractivity contribution in [2.24, 2.45) is 12.5 Å². The summed E-state index contributed by atoms with van der Waals surface area (Å²) < 4.78 is 1.79. The highest BCUT2D eigenvalue weighted by Gasteiger charge is 2.24. The van der Waals surface area contributed by atoms with E-state index < -0.39 is 0 Å². The van der Waals surface area contributed by atoms with Crippen molar-refractivity contribution < 1.29 is 0 Å². The fourth-order valence-electron chi connectivity index (χ4n) is 2.38. The first-order valence-electron chi connectivity index (χ1n) is 6.02. The molecular weight excluding hydrogens is 200 g/mol. The Balaban J connectivity index is 2.13. The number of nitrogens with two attached hydrogens (primary N) is 1. The second-order valence-electron chi connectivity index (χ2n) is 5.59. The lowest BCUT2D eigenvalue weighted by atomic mass is 9.85. The third-order valence-corrected chi connectivity index (χ3v) is 3.48. The van der Waals surface area contributed by atoms with E-state index in [1.807, 2.05) is 13.2 Å². The summed E-state index contributed by atoms with van der Waals surface area (Å²) in [7, 11) is 1.92. The molecule has 0 amide bonds. The number of anilines is 2. The van der Waals surface area contributed by atoms with E-state index in [2.05, 4.69) is 23.8 Å². The second kappa shape index (κ2) is 4.00. The molecule has 2 rings (SSSR count). The van der Waals surface area contributed by atoms with Gasteiger partial charge in [0.2, 0.25) is 0 Å². The van der Waals surface area contributed by atoms with Gasteiger partial charge in [0.25, 0.3) is 0 Å². The third-order valence-electron chi connectivity index (χ3n) is 3.48. The number of hydrogen-bond donors (Lipinski definition) is 1. The van der Waals surface area contributed by atoms with Gasteiger partial charge >= 0.3 is 0 Å². The highest BCUT2D eigenvalue weighted by atomic mass is 15.3. The molecule has 1 aliphatic heterocycles. The van der Waals surface area contributed by atoms with Gasteiger partial charge in [-0.2, -0.15) is 5.10 Å². The maximum Gasteiger partial charge on any atom is 0.173 e. The zero-order valence-corrected chi connectivity index (χ0v) is 10.5. The molecule has 90 valence electrons. The smallest absolute Gasteiger partial charge is 0.173 e. The van der Waals surface area contributed by atoms with Crippen LogP contribution in [0.5, 0.6) is 0 Å². The number of aryl methyl sites for hydroxylation is 1. The predicted octanol–water partition coefficient (Wildman–Crippen LogP) is 2.02. The molecule has 0 saturated carbocycles. The average molecular weight is 222 g/mol. The molecule has 1 saturated heterocycles. The van der Waals surface area contributed by atoms with E-state index in [0.717, 1.165) is 24.6 Å². The van der Waals surface area contributed by atoms with Crippen molar-refractivity contribution in [1.29, 1.82) is 0 Å². The first-order valence-corrected chi connectivity index (χ1v) is 6.02. The third kappa shape index (κ3) is 2.31. The molecular formula is C12H22N4. The monoisotopic (exact) mass is 222 g/mol. The van der Waals surface area contributed by atoms with Gasteiger partial charge in [0.1, 0.15) is 0 Å². The van der Waals surface area contributed by atoms with Crippen LogP contribution in [-0.2, 0) is 7.05 Å². The minimum Gasteiger partial charge on any atom is -0.394 e. The molecule has 0 unspecified atom stereocenters. The van der Waals surface area contributed by atoms with Crippen LogP contribution in [0.15, 0.2) is 6.20 Å². The molecule has 1 aromatic heterocycles. The zero-order chi connectivity index (χ0) is 11.8. The van der Waals surface area contributed by atoms with Gasteiger partial charge in [-0.05, 0) is 24.7 Å². The molecule has 0 aliphatic carbocycles. The molecule has 16 heavy (non-hydrogen) atoms. The van der Waals surface area contributed by atoms with Crippen molar-refractivity contribution in [1.82, 2.24) is 9.78 Å². The van der Waals surface area contributed by atoms with Crippen molar-refractivity contribution in [2.45, 2.75) is 33.1 Å². The fourth-order valence-corrected chi connectivity index (χ4v) is 2.38. The first-order chi connectivity index (χ1) is 7.48. The Kier molecular flexibility index (Phi) is 2.82. The van der Waals surface area contributed by atoms with Crippen LogP contribution < -0.4 is 10.6 Å². The van der Waals surface area contributed by atoms with Crippen LogP contribution in [0.3, 0.4) is 0 Å². The second-order valence-corrected chi connectivity index (χ2v) is 5.59. The van der Waals surface area contributed by atoms with E-state index in [9.17, 15) is 0 Å². The number of nitrogen functional groups attached to an aromatic ring is 1. The SMILES string of the molecule is Cn1cc(N)c(N2CCCC(C)(C)CC2)n1. The number of rotatable bonds is 1. The van der Waals surface area contributed by atoms with Gasteiger partial charge in [-0.1, -0.05) is 13.8 Å². The minimum atomic E-state index is 0.457. The Morgan fingerprint density at radius 1 is 1.31 bits per heavy atom. The Morgan fingerprint density at radius 2 is 2.06 bits per heavy atom. The van der Waals surface area contributed by atoms with Crippen LogP contribution >= 0.6 is 0 Å². The van der Waals surface area contributed by atoms with Gasteiger partial charge in [-0.15, -0.1) is 0 Å². The maximum atomic E-state index is 5.97. The van der Waals surface area contributed by atoms with E-state index in [1.165, 1.54) is 19.3 Å². The molecule has 4 nitrogen and oxygen atoms in total. The quantitative estimate of drug-likeness (QED) is 0.790. The van der Waals surface area contributed by atoms with Gasteiger partial charge in [-0.25, -0.2) is 0 Å². The molecule has 0 aromatic carbocycles. The standard InChI is InChI=1S/C12H22N4/c1-12(2)5-4-7-16(8-6-12)11-10(13)9-15(3)14-11/h9H,4-8,13H2,1-3H3. The molecule has 1 fully saturated rings. The Morgan fingerprint density at radius 3 is 2.69 bits per heavy atom. The van der Waals surface area contributed by atoms with Gasteiger partial charge in [0.05, 0.1) is 5.69 Å². The molecule has 0 atom stereocenters. The highest BCUT2D eigenvalue weighted by molar-refractivity contribution is 5.61. The number of aromatic nitrogens is 2. The summed E-state index contributed by atoms with van der Waals surface area (Å²) in [5.41, 5.74) is 7.22. The van der Waals surface area contributed by atoms with Crippen molar-refractivity contribution in [3.8, 4) is 0 Å². The molecule has 1 aliphatic rings. The topological polar surface area (TPSA) is 47.1 Å². The number of nitrogens with zero attached hydrogens (tertiary/aromatic N) is 3. The maximum absolute atomic E-state index is 5.97. The van der Waals surface area contributed by atoms with Gasteiger partial charge in [-0.3, -0.25) is 4.68 Å². The Labute approximate surface area is 97.4 Å². The van der Waals surface area contributed by atoms with Crippen molar-refractivity contribution in [3.05, 3.63) is 6.20 Å². The average Bonchev–Trinajstić information content (AvgIpc) is 2.41. The zero-order valence-electron chi connectivity index (χ0n) is 10.5. The van der Waals surface area contributed by atoms with E-state index in [0.29, 0.717) is 5.41 Å². The largest absolute Gasteiger partial charge is 0.394 e. The summed E-state index contributed by atoms with van der Waals surface area (Å²) in [5.74, 6) is 0.959. The van der Waals surface area contributed by atoms with E-state index in [-0.39, 0.29) is 0 Å². The highest BCUT2D eigenvalue weighted by Crippen LogP contribution is 2.32. The predicted molar refractivity (Wildman–Crippen MR) is 67.5 cm³/mol. The van der Waals surface area contributed by atoms with Crippen LogP contribution in [0.4, 0.5) is 11.5 Å². The summed E-state index contributed by atoms with van der Waals surface area (Å²) in [6.45, 7) is 6.83. The molecule has 2 heterocycles. The van der Waals surface area contributed by atoms with E-state index >= 15 is 0 Å². The lowest BCUT2D eigenvalue weighted by molar-refractivity contribution is 0.325. The van der Waals surface area contributed by atoms with Crippen molar-refractivity contribution in [3.63, 3.8) is 0 Å². The summed E-state index contributed by atoms with van der Waals surface area (Å²) in [6, 6.07) is 0. The van der Waals surface area contributed by atoms with Crippen LogP contribution in [0.1, 0.15) is 33.1 Å². The molecule has 2 N–H and O–H groups in total. The normalized spacial score (nSPS) is 20.8. The Hall–Kier alpha value is -1.19. The Bertz CT molecular complexity index is 367. The summed E-state index contributed by atoms with van der Waals surface area (Å²) >= 11 is 0. The van der Waals surface area contributed by atoms with E-state index in [4.69, 9.17) is 5.73 Å². The lowest BCUT2D eigenvalue weighted by Crippen LogP contribution is -2.26. The first kappa shape index (κ1) is 11.3. The van der Waals surface area contributed by atoms with Crippen molar-refractivity contribution in [2.75, 3.05) is 23.7 Å². The van der Waals surface area contributed by atoms with Gasteiger partial charge in [0, 0.05) is 26.3 Å². The van der Waals surface area contributed by atoms with Crippen LogP contribution in [-0.4, -0.2) is 22.9 Å². The summed E-state index contributed by atoms with van der Waals surface area (Å²) in [4.78, 5) is 2.32. The van der Waals surface area contributed by atoms with Gasteiger partial charge in [0.15, 0.2) is 5.82 Å². The molecule has 0 radical (unpaired) electrons. The molecule has 1 aromatic rings. The van der Waals surface area contributed by atoms with E-state index in [1.54, 1.807) is 4.68 Å². The van der Waals surface area contributed by atoms with Gasteiger partial charge < -0.3 is 10.6 Å². The summed E-state index contributed by atoms with van der Waals surface area (Å²) in [6.07, 6.45) is 5.60. The molecule has 0 bridgehead atoms. The van der Waals surface area contributed by atoms with Crippen LogP contribution in [0.25, 0.3) is 0 Å². The molecule has 0 spiro atoms. The lowest BCUT2D eigenvalue weighted by Gasteiger charge is -2.23. The van der Waals surface area contributed by atoms with Crippen LogP contribution in [0.2, 0.25) is 0 Å². The number of hydrogen-bond acceptors (Lipinski definition) is 3.